The highest BCUT2D eigenvalue weighted by Crippen LogP contribution is 2.33. The Morgan fingerprint density at radius 3 is 2.00 bits per heavy atom. The Labute approximate surface area is 61.2 Å². The van der Waals surface area contributed by atoms with Crippen LogP contribution in [0.2, 0.25) is 0 Å². The van der Waals surface area contributed by atoms with Crippen molar-refractivity contribution in [3.63, 3.8) is 0 Å². The molecule has 1 aliphatic rings. The van der Waals surface area contributed by atoms with E-state index in [1.54, 1.807) is 0 Å². The molecule has 0 aromatic rings. The van der Waals surface area contributed by atoms with Gasteiger partial charge in [-0.15, -0.1) is 12.4 Å². The van der Waals surface area contributed by atoms with E-state index in [1.807, 2.05) is 0 Å². The van der Waals surface area contributed by atoms with Crippen molar-refractivity contribution in [1.29, 1.82) is 0 Å². The SMILES string of the molecule is Cl.NC[C@H]1CC[C@H]1CF. The first-order chi connectivity index (χ1) is 3.88. The zero-order valence-electron chi connectivity index (χ0n) is 5.35. The normalized spacial score (nSPS) is 32.7. The summed E-state index contributed by atoms with van der Waals surface area (Å²) in [5.74, 6) is 0.806. The summed E-state index contributed by atoms with van der Waals surface area (Å²) < 4.78 is 11.8. The minimum absolute atomic E-state index is 0. The summed E-state index contributed by atoms with van der Waals surface area (Å²) in [6.07, 6.45) is 2.20. The average molecular weight is 154 g/mol. The lowest BCUT2D eigenvalue weighted by Crippen LogP contribution is -2.33. The molecule has 0 spiro atoms. The zero-order chi connectivity index (χ0) is 5.98. The molecule has 1 rings (SSSR count). The van der Waals surface area contributed by atoms with Crippen molar-refractivity contribution in [2.45, 2.75) is 12.8 Å². The lowest BCUT2D eigenvalue weighted by atomic mass is 9.75. The molecule has 3 heteroatoms. The highest BCUT2D eigenvalue weighted by molar-refractivity contribution is 5.85. The van der Waals surface area contributed by atoms with Crippen molar-refractivity contribution in [2.24, 2.45) is 17.6 Å². The van der Waals surface area contributed by atoms with Crippen LogP contribution in [0.4, 0.5) is 4.39 Å². The predicted molar refractivity (Wildman–Crippen MR) is 38.5 cm³/mol. The summed E-state index contributed by atoms with van der Waals surface area (Å²) in [5.41, 5.74) is 5.33. The van der Waals surface area contributed by atoms with E-state index in [0.29, 0.717) is 18.4 Å². The van der Waals surface area contributed by atoms with E-state index >= 15 is 0 Å². The Kier molecular flexibility index (Phi) is 4.15. The monoisotopic (exact) mass is 153 g/mol. The van der Waals surface area contributed by atoms with Gasteiger partial charge >= 0.3 is 0 Å². The van der Waals surface area contributed by atoms with Gasteiger partial charge in [0.25, 0.3) is 0 Å². The summed E-state index contributed by atoms with van der Waals surface area (Å²) in [7, 11) is 0. The molecular weight excluding hydrogens is 141 g/mol. The molecular formula is C6H13ClFN. The minimum atomic E-state index is -0.165. The number of hydrogen-bond acceptors (Lipinski definition) is 1. The fourth-order valence-electron chi connectivity index (χ4n) is 1.15. The van der Waals surface area contributed by atoms with Crippen molar-refractivity contribution in [1.82, 2.24) is 0 Å². The quantitative estimate of drug-likeness (QED) is 0.637. The van der Waals surface area contributed by atoms with Gasteiger partial charge in [-0.05, 0) is 31.2 Å². The van der Waals surface area contributed by atoms with Gasteiger partial charge in [0.1, 0.15) is 0 Å². The molecule has 1 aliphatic carbocycles. The molecule has 0 heterocycles. The van der Waals surface area contributed by atoms with Crippen LogP contribution in [0.25, 0.3) is 0 Å². The fourth-order valence-corrected chi connectivity index (χ4v) is 1.15. The van der Waals surface area contributed by atoms with E-state index in [-0.39, 0.29) is 19.1 Å². The Balaban J connectivity index is 0.000000640. The summed E-state index contributed by atoms with van der Waals surface area (Å²) in [6.45, 7) is 0.510. The van der Waals surface area contributed by atoms with Gasteiger partial charge in [-0.1, -0.05) is 0 Å². The second-order valence-electron chi connectivity index (χ2n) is 2.49. The number of halogens is 2. The van der Waals surface area contributed by atoms with Gasteiger partial charge in [0, 0.05) is 0 Å². The Morgan fingerprint density at radius 1 is 1.33 bits per heavy atom. The standard InChI is InChI=1S/C6H12FN.ClH/c7-3-5-1-2-6(5)4-8;/h5-6H,1-4,8H2;1H/t5-,6+;/m0./s1. The maximum Gasteiger partial charge on any atom is 0.0925 e. The fraction of sp³-hybridized carbons (Fsp3) is 1.00. The van der Waals surface area contributed by atoms with Crippen LogP contribution in [0.15, 0.2) is 0 Å². The molecule has 1 nitrogen and oxygen atoms in total. The molecule has 0 radical (unpaired) electrons. The topological polar surface area (TPSA) is 26.0 Å². The van der Waals surface area contributed by atoms with Crippen LogP contribution >= 0.6 is 12.4 Å². The Bertz CT molecular complexity index is 65.5. The van der Waals surface area contributed by atoms with Crippen molar-refractivity contribution in [3.8, 4) is 0 Å². The Morgan fingerprint density at radius 2 is 1.89 bits per heavy atom. The summed E-state index contributed by atoms with van der Waals surface area (Å²) in [5, 5.41) is 0. The van der Waals surface area contributed by atoms with Crippen molar-refractivity contribution in [3.05, 3.63) is 0 Å². The summed E-state index contributed by atoms with van der Waals surface area (Å²) >= 11 is 0. The summed E-state index contributed by atoms with van der Waals surface area (Å²) in [4.78, 5) is 0. The molecule has 56 valence electrons. The largest absolute Gasteiger partial charge is 0.330 e. The highest BCUT2D eigenvalue weighted by atomic mass is 35.5. The van der Waals surface area contributed by atoms with Gasteiger partial charge < -0.3 is 5.73 Å². The van der Waals surface area contributed by atoms with Gasteiger partial charge in [0.05, 0.1) is 6.67 Å². The van der Waals surface area contributed by atoms with Crippen LogP contribution in [0.5, 0.6) is 0 Å². The van der Waals surface area contributed by atoms with E-state index in [0.717, 1.165) is 12.8 Å². The van der Waals surface area contributed by atoms with Crippen LogP contribution in [-0.4, -0.2) is 13.2 Å². The van der Waals surface area contributed by atoms with Crippen molar-refractivity contribution in [2.75, 3.05) is 13.2 Å². The second-order valence-corrected chi connectivity index (χ2v) is 2.49. The van der Waals surface area contributed by atoms with Crippen LogP contribution in [0, 0.1) is 11.8 Å². The van der Waals surface area contributed by atoms with E-state index in [2.05, 4.69) is 0 Å². The molecule has 1 fully saturated rings. The lowest BCUT2D eigenvalue weighted by molar-refractivity contribution is 0.144. The first-order valence-electron chi connectivity index (χ1n) is 3.14. The van der Waals surface area contributed by atoms with E-state index in [9.17, 15) is 4.39 Å². The smallest absolute Gasteiger partial charge is 0.0925 e. The van der Waals surface area contributed by atoms with Gasteiger partial charge in [-0.3, -0.25) is 4.39 Å². The zero-order valence-corrected chi connectivity index (χ0v) is 6.16. The van der Waals surface area contributed by atoms with E-state index < -0.39 is 0 Å². The minimum Gasteiger partial charge on any atom is -0.330 e. The molecule has 0 bridgehead atoms. The molecule has 0 unspecified atom stereocenters. The van der Waals surface area contributed by atoms with Crippen LogP contribution in [0.3, 0.4) is 0 Å². The molecule has 1 saturated carbocycles. The number of alkyl halides is 1. The first kappa shape index (κ1) is 9.18. The second kappa shape index (κ2) is 4.07. The van der Waals surface area contributed by atoms with Crippen LogP contribution < -0.4 is 5.73 Å². The van der Waals surface area contributed by atoms with Crippen molar-refractivity contribution >= 4 is 12.4 Å². The third-order valence-corrected chi connectivity index (χ3v) is 2.08. The van der Waals surface area contributed by atoms with Crippen LogP contribution in [0.1, 0.15) is 12.8 Å². The third-order valence-electron chi connectivity index (χ3n) is 2.08. The molecule has 2 atom stereocenters. The average Bonchev–Trinajstić information content (AvgIpc) is 1.66. The van der Waals surface area contributed by atoms with Gasteiger partial charge in [-0.2, -0.15) is 0 Å². The van der Waals surface area contributed by atoms with Gasteiger partial charge in [-0.25, -0.2) is 0 Å². The maximum absolute atomic E-state index is 11.8. The van der Waals surface area contributed by atoms with Crippen molar-refractivity contribution < 1.29 is 4.39 Å². The molecule has 9 heavy (non-hydrogen) atoms. The van der Waals surface area contributed by atoms with Gasteiger partial charge in [0.15, 0.2) is 0 Å². The highest BCUT2D eigenvalue weighted by Gasteiger charge is 2.28. The Hall–Kier alpha value is 0.180. The number of hydrogen-bond donors (Lipinski definition) is 1. The number of rotatable bonds is 2. The first-order valence-corrected chi connectivity index (χ1v) is 3.14. The van der Waals surface area contributed by atoms with E-state index in [4.69, 9.17) is 5.73 Å². The number of nitrogens with two attached hydrogens (primary N) is 1. The molecule has 0 aromatic heterocycles. The molecule has 0 aliphatic heterocycles. The molecule has 0 aromatic carbocycles. The van der Waals surface area contributed by atoms with Crippen LogP contribution in [-0.2, 0) is 0 Å². The van der Waals surface area contributed by atoms with Gasteiger partial charge in [0.2, 0.25) is 0 Å². The third kappa shape index (κ3) is 1.80. The molecule has 0 saturated heterocycles. The molecule has 0 amide bonds. The molecule has 2 N–H and O–H groups in total. The summed E-state index contributed by atoms with van der Waals surface area (Å²) in [6, 6.07) is 0. The lowest BCUT2D eigenvalue weighted by Gasteiger charge is -2.33. The maximum atomic E-state index is 11.8. The predicted octanol–water partition coefficient (Wildman–Crippen LogP) is 1.36. The van der Waals surface area contributed by atoms with E-state index in [1.165, 1.54) is 0 Å².